The van der Waals surface area contributed by atoms with E-state index < -0.39 is 0 Å². The minimum atomic E-state index is -0.223. The fourth-order valence-electron chi connectivity index (χ4n) is 2.27. The zero-order valence-corrected chi connectivity index (χ0v) is 10.9. The Morgan fingerprint density at radius 2 is 2.17 bits per heavy atom. The van der Waals surface area contributed by atoms with E-state index in [-0.39, 0.29) is 18.0 Å². The van der Waals surface area contributed by atoms with Crippen molar-refractivity contribution in [2.24, 2.45) is 0 Å². The maximum atomic E-state index is 12.9. The van der Waals surface area contributed by atoms with Crippen LogP contribution in [0.15, 0.2) is 24.3 Å². The molecule has 1 heterocycles. The number of hydrogen-bond acceptors (Lipinski definition) is 3. The SMILES string of the molecule is CO[C@H](CN[C@@H]1CCO[C@@H]1C)c1ccc(F)cc1. The lowest BCUT2D eigenvalue weighted by Crippen LogP contribution is -2.37. The predicted octanol–water partition coefficient (Wildman–Crippen LogP) is 2.28. The molecule has 0 unspecified atom stereocenters. The zero-order chi connectivity index (χ0) is 13.0. The van der Waals surface area contributed by atoms with Crippen molar-refractivity contribution >= 4 is 0 Å². The molecule has 0 amide bonds. The monoisotopic (exact) mass is 253 g/mol. The highest BCUT2D eigenvalue weighted by Crippen LogP contribution is 2.18. The van der Waals surface area contributed by atoms with Gasteiger partial charge in [-0.2, -0.15) is 0 Å². The quantitative estimate of drug-likeness (QED) is 0.873. The molecule has 1 aromatic carbocycles. The average Bonchev–Trinajstić information content (AvgIpc) is 2.78. The number of methoxy groups -OCH3 is 1. The van der Waals surface area contributed by atoms with Crippen molar-refractivity contribution in [2.75, 3.05) is 20.3 Å². The Bertz CT molecular complexity index is 369. The summed E-state index contributed by atoms with van der Waals surface area (Å²) in [4.78, 5) is 0. The fourth-order valence-corrected chi connectivity index (χ4v) is 2.27. The van der Waals surface area contributed by atoms with Crippen LogP contribution in [0.25, 0.3) is 0 Å². The van der Waals surface area contributed by atoms with Gasteiger partial charge in [0.1, 0.15) is 5.82 Å². The van der Waals surface area contributed by atoms with Crippen LogP contribution in [0, 0.1) is 5.82 Å². The van der Waals surface area contributed by atoms with Crippen LogP contribution in [-0.4, -0.2) is 32.4 Å². The zero-order valence-electron chi connectivity index (χ0n) is 10.9. The van der Waals surface area contributed by atoms with Crippen LogP contribution in [0.1, 0.15) is 25.0 Å². The summed E-state index contributed by atoms with van der Waals surface area (Å²) in [7, 11) is 1.67. The van der Waals surface area contributed by atoms with Gasteiger partial charge in [-0.15, -0.1) is 0 Å². The lowest BCUT2D eigenvalue weighted by atomic mass is 10.1. The van der Waals surface area contributed by atoms with E-state index in [1.54, 1.807) is 19.2 Å². The molecular formula is C14H20FNO2. The Balaban J connectivity index is 1.91. The van der Waals surface area contributed by atoms with E-state index in [1.807, 2.05) is 0 Å². The molecule has 3 nitrogen and oxygen atoms in total. The van der Waals surface area contributed by atoms with Crippen molar-refractivity contribution < 1.29 is 13.9 Å². The molecule has 3 atom stereocenters. The molecule has 0 saturated carbocycles. The van der Waals surface area contributed by atoms with E-state index >= 15 is 0 Å². The van der Waals surface area contributed by atoms with Crippen molar-refractivity contribution in [1.29, 1.82) is 0 Å². The Kier molecular flexibility index (Phi) is 4.69. The van der Waals surface area contributed by atoms with Gasteiger partial charge in [-0.1, -0.05) is 12.1 Å². The van der Waals surface area contributed by atoms with Crippen LogP contribution < -0.4 is 5.32 Å². The van der Waals surface area contributed by atoms with Gasteiger partial charge in [0.25, 0.3) is 0 Å². The maximum Gasteiger partial charge on any atom is 0.123 e. The minimum Gasteiger partial charge on any atom is -0.377 e. The third-order valence-corrected chi connectivity index (χ3v) is 3.47. The van der Waals surface area contributed by atoms with Gasteiger partial charge in [0.15, 0.2) is 0 Å². The second kappa shape index (κ2) is 6.27. The molecule has 1 fully saturated rings. The summed E-state index contributed by atoms with van der Waals surface area (Å²) in [5.41, 5.74) is 0.984. The largest absolute Gasteiger partial charge is 0.377 e. The Labute approximate surface area is 107 Å². The standard InChI is InChI=1S/C14H20FNO2/c1-10-13(7-8-18-10)16-9-14(17-2)11-3-5-12(15)6-4-11/h3-6,10,13-14,16H,7-9H2,1-2H3/t10-,13-,14-/m1/s1. The number of ether oxygens (including phenoxy) is 2. The number of benzene rings is 1. The Morgan fingerprint density at radius 3 is 2.72 bits per heavy atom. The summed E-state index contributed by atoms with van der Waals surface area (Å²) in [6, 6.07) is 6.83. The van der Waals surface area contributed by atoms with Crippen molar-refractivity contribution in [3.05, 3.63) is 35.6 Å². The van der Waals surface area contributed by atoms with Crippen LogP contribution in [0.5, 0.6) is 0 Å². The first kappa shape index (κ1) is 13.5. The normalized spacial score (nSPS) is 25.3. The summed E-state index contributed by atoms with van der Waals surface area (Å²) < 4.78 is 23.8. The number of halogens is 1. The van der Waals surface area contributed by atoms with Gasteiger partial charge < -0.3 is 14.8 Å². The van der Waals surface area contributed by atoms with Gasteiger partial charge in [-0.25, -0.2) is 4.39 Å². The molecule has 0 radical (unpaired) electrons. The summed E-state index contributed by atoms with van der Waals surface area (Å²) >= 11 is 0. The van der Waals surface area contributed by atoms with Crippen molar-refractivity contribution in [1.82, 2.24) is 5.32 Å². The van der Waals surface area contributed by atoms with Gasteiger partial charge in [-0.3, -0.25) is 0 Å². The van der Waals surface area contributed by atoms with Crippen LogP contribution >= 0.6 is 0 Å². The summed E-state index contributed by atoms with van der Waals surface area (Å²) in [6.07, 6.45) is 1.22. The molecule has 100 valence electrons. The summed E-state index contributed by atoms with van der Waals surface area (Å²) in [5, 5.41) is 3.45. The molecule has 4 heteroatoms. The maximum absolute atomic E-state index is 12.9. The lowest BCUT2D eigenvalue weighted by molar-refractivity contribution is 0.0867. The summed E-state index contributed by atoms with van der Waals surface area (Å²) in [5.74, 6) is -0.223. The third-order valence-electron chi connectivity index (χ3n) is 3.47. The highest BCUT2D eigenvalue weighted by atomic mass is 19.1. The van der Waals surface area contributed by atoms with E-state index in [0.29, 0.717) is 12.6 Å². The van der Waals surface area contributed by atoms with Crippen LogP contribution in [0.2, 0.25) is 0 Å². The minimum absolute atomic E-state index is 0.0570. The van der Waals surface area contributed by atoms with Crippen LogP contribution in [-0.2, 0) is 9.47 Å². The molecule has 0 spiro atoms. The first-order valence-corrected chi connectivity index (χ1v) is 6.34. The molecule has 1 saturated heterocycles. The molecule has 1 N–H and O–H groups in total. The van der Waals surface area contributed by atoms with Crippen molar-refractivity contribution in [3.8, 4) is 0 Å². The highest BCUT2D eigenvalue weighted by molar-refractivity contribution is 5.19. The first-order valence-electron chi connectivity index (χ1n) is 6.34. The van der Waals surface area contributed by atoms with E-state index in [2.05, 4.69) is 12.2 Å². The van der Waals surface area contributed by atoms with E-state index in [0.717, 1.165) is 18.6 Å². The third kappa shape index (κ3) is 3.28. The van der Waals surface area contributed by atoms with E-state index in [9.17, 15) is 4.39 Å². The molecule has 18 heavy (non-hydrogen) atoms. The second-order valence-corrected chi connectivity index (χ2v) is 4.66. The second-order valence-electron chi connectivity index (χ2n) is 4.66. The van der Waals surface area contributed by atoms with Gasteiger partial charge in [-0.05, 0) is 31.0 Å². The van der Waals surface area contributed by atoms with Crippen molar-refractivity contribution in [3.63, 3.8) is 0 Å². The van der Waals surface area contributed by atoms with E-state index in [4.69, 9.17) is 9.47 Å². The van der Waals surface area contributed by atoms with Gasteiger partial charge in [0.2, 0.25) is 0 Å². The summed E-state index contributed by atoms with van der Waals surface area (Å²) in [6.45, 7) is 3.60. The number of hydrogen-bond donors (Lipinski definition) is 1. The van der Waals surface area contributed by atoms with Gasteiger partial charge in [0, 0.05) is 26.3 Å². The molecule has 0 aromatic heterocycles. The van der Waals surface area contributed by atoms with E-state index in [1.165, 1.54) is 12.1 Å². The molecule has 0 aliphatic carbocycles. The highest BCUT2D eigenvalue weighted by Gasteiger charge is 2.24. The molecular weight excluding hydrogens is 233 g/mol. The fraction of sp³-hybridized carbons (Fsp3) is 0.571. The van der Waals surface area contributed by atoms with Gasteiger partial charge >= 0.3 is 0 Å². The Morgan fingerprint density at radius 1 is 1.44 bits per heavy atom. The van der Waals surface area contributed by atoms with Crippen LogP contribution in [0.4, 0.5) is 4.39 Å². The smallest absolute Gasteiger partial charge is 0.123 e. The molecule has 2 rings (SSSR count). The van der Waals surface area contributed by atoms with Gasteiger partial charge in [0.05, 0.1) is 12.2 Å². The number of nitrogens with one attached hydrogen (secondary N) is 1. The molecule has 1 aliphatic rings. The molecule has 0 bridgehead atoms. The lowest BCUT2D eigenvalue weighted by Gasteiger charge is -2.21. The predicted molar refractivity (Wildman–Crippen MR) is 68.0 cm³/mol. The topological polar surface area (TPSA) is 30.5 Å². The molecule has 1 aromatic rings. The number of rotatable bonds is 5. The Hall–Kier alpha value is -0.970. The average molecular weight is 253 g/mol. The first-order chi connectivity index (χ1) is 8.70. The van der Waals surface area contributed by atoms with Crippen LogP contribution in [0.3, 0.4) is 0 Å². The van der Waals surface area contributed by atoms with Crippen molar-refractivity contribution in [2.45, 2.75) is 31.6 Å². The molecule has 1 aliphatic heterocycles.